The molecule has 2 aromatic rings. The van der Waals surface area contributed by atoms with E-state index in [1.807, 2.05) is 13.0 Å². The molecule has 0 bridgehead atoms. The van der Waals surface area contributed by atoms with Gasteiger partial charge in [-0.05, 0) is 46.2 Å². The predicted molar refractivity (Wildman–Crippen MR) is 86.6 cm³/mol. The van der Waals surface area contributed by atoms with Gasteiger partial charge in [-0.1, -0.05) is 19.1 Å². The third kappa shape index (κ3) is 4.26. The van der Waals surface area contributed by atoms with E-state index >= 15 is 0 Å². The molecule has 0 fully saturated rings. The average Bonchev–Trinajstić information content (AvgIpc) is 2.48. The minimum Gasteiger partial charge on any atom is -0.313 e. The fourth-order valence-electron chi connectivity index (χ4n) is 1.75. The van der Waals surface area contributed by atoms with Crippen LogP contribution in [0.1, 0.15) is 12.5 Å². The van der Waals surface area contributed by atoms with Gasteiger partial charge in [0.05, 0.1) is 15.1 Å². The lowest BCUT2D eigenvalue weighted by atomic mass is 10.2. The lowest BCUT2D eigenvalue weighted by Gasteiger charge is -2.10. The number of halogens is 1. The largest absolute Gasteiger partial charge is 0.313 e. The monoisotopic (exact) mass is 369 g/mol. The van der Waals surface area contributed by atoms with Gasteiger partial charge < -0.3 is 5.32 Å². The van der Waals surface area contributed by atoms with E-state index in [2.05, 4.69) is 31.0 Å². The van der Waals surface area contributed by atoms with Crippen LogP contribution in [0.2, 0.25) is 0 Å². The van der Waals surface area contributed by atoms with Crippen LogP contribution in [0.4, 0.5) is 5.69 Å². The summed E-state index contributed by atoms with van der Waals surface area (Å²) in [6, 6.07) is 8.48. The second kappa shape index (κ2) is 7.02. The number of hydrogen-bond acceptors (Lipinski definition) is 4. The fraction of sp³-hybridized carbons (Fsp3) is 0.214. The predicted octanol–water partition coefficient (Wildman–Crippen LogP) is 2.75. The SMILES string of the molecule is CCNCc1cccc(S(=O)(=O)Nc2ccncc2Br)c1. The summed E-state index contributed by atoms with van der Waals surface area (Å²) >= 11 is 3.27. The number of benzene rings is 1. The Morgan fingerprint density at radius 1 is 1.29 bits per heavy atom. The molecule has 2 rings (SSSR count). The first-order valence-electron chi connectivity index (χ1n) is 6.45. The van der Waals surface area contributed by atoms with Crippen LogP contribution in [0.5, 0.6) is 0 Å². The van der Waals surface area contributed by atoms with Gasteiger partial charge in [0.15, 0.2) is 0 Å². The zero-order valence-corrected chi connectivity index (χ0v) is 13.9. The van der Waals surface area contributed by atoms with Crippen molar-refractivity contribution in [2.45, 2.75) is 18.4 Å². The van der Waals surface area contributed by atoms with Gasteiger partial charge in [0.2, 0.25) is 0 Å². The maximum atomic E-state index is 12.4. The lowest BCUT2D eigenvalue weighted by Crippen LogP contribution is -2.15. The number of nitrogens with one attached hydrogen (secondary N) is 2. The third-order valence-corrected chi connectivity index (χ3v) is 4.80. The molecular weight excluding hydrogens is 354 g/mol. The number of aromatic nitrogens is 1. The first kappa shape index (κ1) is 15.9. The van der Waals surface area contributed by atoms with E-state index in [0.717, 1.165) is 12.1 Å². The Morgan fingerprint density at radius 3 is 2.81 bits per heavy atom. The molecule has 1 aromatic heterocycles. The van der Waals surface area contributed by atoms with Gasteiger partial charge in [-0.3, -0.25) is 9.71 Å². The molecule has 21 heavy (non-hydrogen) atoms. The number of pyridine rings is 1. The molecule has 0 aliphatic heterocycles. The minimum atomic E-state index is -3.62. The van der Waals surface area contributed by atoms with E-state index in [1.165, 1.54) is 6.20 Å². The van der Waals surface area contributed by atoms with Gasteiger partial charge in [0.1, 0.15) is 0 Å². The van der Waals surface area contributed by atoms with Crippen molar-refractivity contribution in [3.8, 4) is 0 Å². The average molecular weight is 370 g/mol. The highest BCUT2D eigenvalue weighted by molar-refractivity contribution is 9.10. The van der Waals surface area contributed by atoms with E-state index < -0.39 is 10.0 Å². The standard InChI is InChI=1S/C14H16BrN3O2S/c1-2-16-9-11-4-3-5-12(8-11)21(19,20)18-14-6-7-17-10-13(14)15/h3-8,10,16H,2,9H2,1H3,(H,17,18). The zero-order valence-electron chi connectivity index (χ0n) is 11.5. The van der Waals surface area contributed by atoms with Crippen molar-refractivity contribution in [1.82, 2.24) is 10.3 Å². The van der Waals surface area contributed by atoms with Crippen molar-refractivity contribution >= 4 is 31.6 Å². The van der Waals surface area contributed by atoms with Crippen molar-refractivity contribution in [3.05, 3.63) is 52.8 Å². The van der Waals surface area contributed by atoms with Gasteiger partial charge >= 0.3 is 0 Å². The van der Waals surface area contributed by atoms with Crippen LogP contribution in [0, 0.1) is 0 Å². The van der Waals surface area contributed by atoms with Gasteiger partial charge in [0, 0.05) is 18.9 Å². The second-order valence-electron chi connectivity index (χ2n) is 4.39. The first-order valence-corrected chi connectivity index (χ1v) is 8.72. The molecule has 112 valence electrons. The zero-order chi connectivity index (χ0) is 15.3. The second-order valence-corrected chi connectivity index (χ2v) is 6.93. The highest BCUT2D eigenvalue weighted by atomic mass is 79.9. The topological polar surface area (TPSA) is 71.1 Å². The Kier molecular flexibility index (Phi) is 5.33. The molecular formula is C14H16BrN3O2S. The third-order valence-electron chi connectivity index (χ3n) is 2.80. The van der Waals surface area contributed by atoms with E-state index in [0.29, 0.717) is 16.7 Å². The summed E-state index contributed by atoms with van der Waals surface area (Å²) in [6.07, 6.45) is 3.07. The number of anilines is 1. The van der Waals surface area contributed by atoms with Gasteiger partial charge in [-0.2, -0.15) is 0 Å². The normalized spacial score (nSPS) is 11.3. The maximum absolute atomic E-state index is 12.4. The van der Waals surface area contributed by atoms with E-state index in [-0.39, 0.29) is 4.90 Å². The van der Waals surface area contributed by atoms with Crippen LogP contribution >= 0.6 is 15.9 Å². The molecule has 0 spiro atoms. The molecule has 0 amide bonds. The molecule has 0 atom stereocenters. The number of hydrogen-bond donors (Lipinski definition) is 2. The van der Waals surface area contributed by atoms with Crippen molar-refractivity contribution in [2.24, 2.45) is 0 Å². The Labute approximate surface area is 133 Å². The van der Waals surface area contributed by atoms with Crippen LogP contribution in [0.15, 0.2) is 52.1 Å². The summed E-state index contributed by atoms with van der Waals surface area (Å²) in [5, 5.41) is 3.17. The van der Waals surface area contributed by atoms with Crippen molar-refractivity contribution in [2.75, 3.05) is 11.3 Å². The summed E-state index contributed by atoms with van der Waals surface area (Å²) in [5.41, 5.74) is 1.38. The molecule has 0 radical (unpaired) electrons. The summed E-state index contributed by atoms with van der Waals surface area (Å²) in [4.78, 5) is 4.14. The highest BCUT2D eigenvalue weighted by Crippen LogP contribution is 2.23. The van der Waals surface area contributed by atoms with Crippen molar-refractivity contribution in [1.29, 1.82) is 0 Å². The van der Waals surface area contributed by atoms with Crippen LogP contribution in [-0.4, -0.2) is 19.9 Å². The summed E-state index contributed by atoms with van der Waals surface area (Å²) in [6.45, 7) is 3.47. The Bertz CT molecular complexity index is 720. The molecule has 0 aliphatic carbocycles. The molecule has 1 heterocycles. The lowest BCUT2D eigenvalue weighted by molar-refractivity contribution is 0.601. The van der Waals surface area contributed by atoms with Crippen molar-refractivity contribution < 1.29 is 8.42 Å². The summed E-state index contributed by atoms with van der Waals surface area (Å²) in [5.74, 6) is 0. The molecule has 0 unspecified atom stereocenters. The van der Waals surface area contributed by atoms with E-state index in [1.54, 1.807) is 30.5 Å². The highest BCUT2D eigenvalue weighted by Gasteiger charge is 2.15. The molecule has 5 nitrogen and oxygen atoms in total. The number of rotatable bonds is 6. The van der Waals surface area contributed by atoms with Crippen LogP contribution in [0.3, 0.4) is 0 Å². The van der Waals surface area contributed by atoms with Gasteiger partial charge in [-0.25, -0.2) is 8.42 Å². The van der Waals surface area contributed by atoms with E-state index in [9.17, 15) is 8.42 Å². The minimum absolute atomic E-state index is 0.238. The van der Waals surface area contributed by atoms with Crippen LogP contribution < -0.4 is 10.0 Å². The molecule has 0 saturated carbocycles. The van der Waals surface area contributed by atoms with Crippen molar-refractivity contribution in [3.63, 3.8) is 0 Å². The fourth-order valence-corrected chi connectivity index (χ4v) is 3.38. The Balaban J connectivity index is 2.25. The molecule has 0 saturated heterocycles. The Morgan fingerprint density at radius 2 is 2.10 bits per heavy atom. The Hall–Kier alpha value is -1.44. The summed E-state index contributed by atoms with van der Waals surface area (Å²) < 4.78 is 28.0. The quantitative estimate of drug-likeness (QED) is 0.820. The summed E-state index contributed by atoms with van der Waals surface area (Å²) in [7, 11) is -3.62. The smallest absolute Gasteiger partial charge is 0.261 e. The molecule has 7 heteroatoms. The molecule has 1 aromatic carbocycles. The van der Waals surface area contributed by atoms with Gasteiger partial charge in [-0.15, -0.1) is 0 Å². The van der Waals surface area contributed by atoms with E-state index in [4.69, 9.17) is 0 Å². The van der Waals surface area contributed by atoms with Crippen LogP contribution in [0.25, 0.3) is 0 Å². The molecule has 0 aliphatic rings. The molecule has 2 N–H and O–H groups in total. The van der Waals surface area contributed by atoms with Gasteiger partial charge in [0.25, 0.3) is 10.0 Å². The number of sulfonamides is 1. The first-order chi connectivity index (χ1) is 10.0. The number of nitrogens with zero attached hydrogens (tertiary/aromatic N) is 1. The van der Waals surface area contributed by atoms with Crippen LogP contribution in [-0.2, 0) is 16.6 Å². The maximum Gasteiger partial charge on any atom is 0.261 e.